The fourth-order valence-corrected chi connectivity index (χ4v) is 2.69. The van der Waals surface area contributed by atoms with Gasteiger partial charge in [0, 0.05) is 19.2 Å². The molecule has 0 aromatic heterocycles. The molecule has 7 nitrogen and oxygen atoms in total. The summed E-state index contributed by atoms with van der Waals surface area (Å²) in [5.41, 5.74) is -0.00868. The first-order valence-corrected chi connectivity index (χ1v) is 7.66. The van der Waals surface area contributed by atoms with Crippen LogP contribution in [0.3, 0.4) is 0 Å². The third kappa shape index (κ3) is 2.86. The maximum atomic E-state index is 10.8. The molecule has 1 heterocycles. The van der Waals surface area contributed by atoms with Gasteiger partial charge in [0.1, 0.15) is 23.5 Å². The highest BCUT2D eigenvalue weighted by Crippen LogP contribution is 2.43. The molecule has 0 unspecified atom stereocenters. The lowest BCUT2D eigenvalue weighted by molar-refractivity contribution is -0.0761. The fourth-order valence-electron chi connectivity index (χ4n) is 2.69. The summed E-state index contributed by atoms with van der Waals surface area (Å²) < 4.78 is 5.84. The summed E-state index contributed by atoms with van der Waals surface area (Å²) in [5.74, 6) is 0.483. The predicted molar refractivity (Wildman–Crippen MR) is 88.1 cm³/mol. The molecule has 0 fully saturated rings. The summed E-state index contributed by atoms with van der Waals surface area (Å²) in [6.45, 7) is 5.88. The van der Waals surface area contributed by atoms with Crippen LogP contribution in [-0.2, 0) is 0 Å². The van der Waals surface area contributed by atoms with Crippen LogP contribution >= 0.6 is 0 Å². The Hall–Kier alpha value is -2.77. The lowest BCUT2D eigenvalue weighted by atomic mass is 9.85. The van der Waals surface area contributed by atoms with Crippen molar-refractivity contribution in [2.24, 2.45) is 0 Å². The zero-order valence-electron chi connectivity index (χ0n) is 14.2. The molecule has 0 aliphatic carbocycles. The smallest absolute Gasteiger partial charge is 0.207 e. The van der Waals surface area contributed by atoms with Crippen LogP contribution in [0.4, 0.5) is 0 Å². The van der Waals surface area contributed by atoms with Crippen LogP contribution in [0.2, 0.25) is 0 Å². The molecule has 2 rings (SSSR count). The van der Waals surface area contributed by atoms with Crippen molar-refractivity contribution in [2.45, 2.75) is 38.5 Å². The zero-order valence-corrected chi connectivity index (χ0v) is 14.2. The fraction of sp³-hybridized carbons (Fsp3) is 0.471. The minimum atomic E-state index is -1.05. The Morgan fingerprint density at radius 2 is 2.08 bits per heavy atom. The van der Waals surface area contributed by atoms with E-state index in [0.717, 1.165) is 0 Å². The summed E-state index contributed by atoms with van der Waals surface area (Å²) in [6, 6.07) is 6.14. The molecule has 0 saturated heterocycles. The highest BCUT2D eigenvalue weighted by atomic mass is 16.5. The third-order valence-corrected chi connectivity index (χ3v) is 4.29. The Kier molecular flexibility index (Phi) is 4.68. The van der Waals surface area contributed by atoms with Crippen LogP contribution < -0.4 is 4.74 Å². The van der Waals surface area contributed by atoms with Crippen molar-refractivity contribution in [1.82, 2.24) is 9.80 Å². The number of aliphatic hydroxyl groups is 1. The van der Waals surface area contributed by atoms with Crippen molar-refractivity contribution in [3.05, 3.63) is 29.3 Å². The quantitative estimate of drug-likeness (QED) is 0.371. The van der Waals surface area contributed by atoms with Crippen molar-refractivity contribution in [1.29, 1.82) is 15.9 Å². The zero-order chi connectivity index (χ0) is 18.1. The second-order valence-electron chi connectivity index (χ2n) is 6.27. The van der Waals surface area contributed by atoms with Gasteiger partial charge < -0.3 is 14.7 Å². The van der Waals surface area contributed by atoms with E-state index in [-0.39, 0.29) is 5.96 Å². The van der Waals surface area contributed by atoms with Gasteiger partial charge in [-0.05, 0) is 39.0 Å². The Labute approximate surface area is 141 Å². The number of nitrogens with zero attached hydrogens (tertiary/aromatic N) is 4. The lowest BCUT2D eigenvalue weighted by Crippen LogP contribution is -2.55. The summed E-state index contributed by atoms with van der Waals surface area (Å²) >= 11 is 0. The van der Waals surface area contributed by atoms with E-state index >= 15 is 0 Å². The molecule has 126 valence electrons. The normalized spacial score (nSPS) is 20.8. The van der Waals surface area contributed by atoms with Crippen LogP contribution in [0, 0.1) is 28.2 Å². The van der Waals surface area contributed by atoms with Crippen molar-refractivity contribution in [2.75, 3.05) is 13.6 Å². The number of hydrogen-bond donors (Lipinski definition) is 2. The van der Waals surface area contributed by atoms with E-state index < -0.39 is 17.7 Å². The first-order chi connectivity index (χ1) is 11.3. The minimum absolute atomic E-state index is 0.0185. The van der Waals surface area contributed by atoms with Crippen molar-refractivity contribution < 1.29 is 9.84 Å². The topological polar surface area (TPSA) is 107 Å². The summed E-state index contributed by atoms with van der Waals surface area (Å²) in [5, 5.41) is 37.8. The van der Waals surface area contributed by atoms with Gasteiger partial charge in [-0.3, -0.25) is 5.41 Å². The number of aliphatic hydroxyl groups excluding tert-OH is 1. The average molecular weight is 327 g/mol. The number of rotatable bonds is 2. The van der Waals surface area contributed by atoms with Crippen molar-refractivity contribution >= 4 is 5.96 Å². The van der Waals surface area contributed by atoms with Gasteiger partial charge in [0.05, 0.1) is 11.6 Å². The van der Waals surface area contributed by atoms with Crippen LogP contribution in [0.25, 0.3) is 0 Å². The van der Waals surface area contributed by atoms with E-state index in [2.05, 4.69) is 6.07 Å². The van der Waals surface area contributed by atoms with Crippen LogP contribution in [0.1, 0.15) is 37.9 Å². The number of nitriles is 2. The Balaban J connectivity index is 2.60. The molecule has 1 aliphatic heterocycles. The summed E-state index contributed by atoms with van der Waals surface area (Å²) in [7, 11) is 1.70. The van der Waals surface area contributed by atoms with Gasteiger partial charge in [0.2, 0.25) is 5.96 Å². The standard InChI is InChI=1S/C17H21N5O2/c1-5-21(4)16(20)22(10-19)14-12-8-11(9-18)6-7-13(12)24-17(2,3)15(14)23/h6-8,14-15,20,23H,5H2,1-4H3/t14-,15+/m0/s1. The maximum Gasteiger partial charge on any atom is 0.207 e. The van der Waals surface area contributed by atoms with Crippen LogP contribution in [-0.4, -0.2) is 46.2 Å². The highest BCUT2D eigenvalue weighted by Gasteiger charge is 2.47. The average Bonchev–Trinajstić information content (AvgIpc) is 2.57. The van der Waals surface area contributed by atoms with Gasteiger partial charge in [0.25, 0.3) is 0 Å². The number of hydrogen-bond acceptors (Lipinski definition) is 5. The largest absolute Gasteiger partial charge is 0.485 e. The molecule has 0 bridgehead atoms. The predicted octanol–water partition coefficient (Wildman–Crippen LogP) is 1.80. The van der Waals surface area contributed by atoms with E-state index in [1.54, 1.807) is 44.0 Å². The van der Waals surface area contributed by atoms with Crippen LogP contribution in [0.15, 0.2) is 18.2 Å². The van der Waals surface area contributed by atoms with Crippen molar-refractivity contribution in [3.8, 4) is 18.0 Å². The number of benzene rings is 1. The number of nitrogens with one attached hydrogen (secondary N) is 1. The maximum absolute atomic E-state index is 10.8. The van der Waals surface area contributed by atoms with E-state index in [4.69, 9.17) is 15.4 Å². The number of fused-ring (bicyclic) bond motifs is 1. The Bertz CT molecular complexity index is 731. The Morgan fingerprint density at radius 3 is 2.62 bits per heavy atom. The lowest BCUT2D eigenvalue weighted by Gasteiger charge is -2.45. The minimum Gasteiger partial charge on any atom is -0.485 e. The molecule has 0 amide bonds. The number of guanidine groups is 1. The molecule has 2 atom stereocenters. The molecule has 0 radical (unpaired) electrons. The third-order valence-electron chi connectivity index (χ3n) is 4.29. The van der Waals surface area contributed by atoms with Gasteiger partial charge in [-0.15, -0.1) is 0 Å². The molecule has 1 aliphatic rings. The Morgan fingerprint density at radius 1 is 1.42 bits per heavy atom. The molecule has 1 aromatic rings. The monoisotopic (exact) mass is 327 g/mol. The van der Waals surface area contributed by atoms with E-state index in [1.165, 1.54) is 4.90 Å². The van der Waals surface area contributed by atoms with Gasteiger partial charge in [-0.2, -0.15) is 10.5 Å². The second-order valence-corrected chi connectivity index (χ2v) is 6.27. The van der Waals surface area contributed by atoms with Crippen LogP contribution in [0.5, 0.6) is 5.75 Å². The van der Waals surface area contributed by atoms with E-state index in [9.17, 15) is 10.4 Å². The van der Waals surface area contributed by atoms with E-state index in [1.807, 2.05) is 13.1 Å². The summed E-state index contributed by atoms with van der Waals surface area (Å²) in [4.78, 5) is 2.77. The molecule has 2 N–H and O–H groups in total. The molecule has 1 aromatic carbocycles. The van der Waals surface area contributed by atoms with Gasteiger partial charge in [0.15, 0.2) is 6.19 Å². The highest BCUT2D eigenvalue weighted by molar-refractivity contribution is 5.79. The molecule has 0 saturated carbocycles. The first kappa shape index (κ1) is 17.6. The van der Waals surface area contributed by atoms with Gasteiger partial charge in [-0.1, -0.05) is 0 Å². The SMILES string of the molecule is CCN(C)C(=N)N(C#N)[C@H]1c2cc(C#N)ccc2OC(C)(C)[C@@H]1O. The van der Waals surface area contributed by atoms with Gasteiger partial charge in [-0.25, -0.2) is 4.90 Å². The molecular formula is C17H21N5O2. The van der Waals surface area contributed by atoms with Crippen molar-refractivity contribution in [3.63, 3.8) is 0 Å². The summed E-state index contributed by atoms with van der Waals surface area (Å²) in [6.07, 6.45) is 0.950. The molecule has 0 spiro atoms. The number of ether oxygens (including phenoxy) is 1. The molecule has 7 heteroatoms. The second kappa shape index (κ2) is 6.38. The first-order valence-electron chi connectivity index (χ1n) is 7.66. The molecular weight excluding hydrogens is 306 g/mol. The van der Waals surface area contributed by atoms with Gasteiger partial charge >= 0.3 is 0 Å². The van der Waals surface area contributed by atoms with E-state index in [0.29, 0.717) is 23.4 Å². The molecule has 24 heavy (non-hydrogen) atoms.